The van der Waals surface area contributed by atoms with E-state index in [1.807, 2.05) is 0 Å². The summed E-state index contributed by atoms with van der Waals surface area (Å²) in [5.41, 5.74) is 0.0320. The van der Waals surface area contributed by atoms with Crippen LogP contribution in [-0.2, 0) is 4.79 Å². The SMILES string of the molecule is C=C(C)C(=O)Oc1ccc(C(=O)c2ccc(O)cc2O)c(O)c1. The van der Waals surface area contributed by atoms with Crippen molar-refractivity contribution in [2.75, 3.05) is 0 Å². The number of aromatic hydroxyl groups is 3. The molecule has 0 saturated heterocycles. The van der Waals surface area contributed by atoms with Crippen LogP contribution in [0.25, 0.3) is 0 Å². The predicted molar refractivity (Wildman–Crippen MR) is 81.8 cm³/mol. The van der Waals surface area contributed by atoms with Gasteiger partial charge in [-0.2, -0.15) is 0 Å². The van der Waals surface area contributed by atoms with Gasteiger partial charge >= 0.3 is 5.97 Å². The molecule has 118 valence electrons. The van der Waals surface area contributed by atoms with Crippen molar-refractivity contribution < 1.29 is 29.6 Å². The minimum absolute atomic E-state index is 0.0574. The standard InChI is InChI=1S/C17H14O6/c1-9(2)17(22)23-11-4-6-13(15(20)8-11)16(21)12-5-3-10(18)7-14(12)19/h3-8,18-20H,1H2,2H3. The highest BCUT2D eigenvalue weighted by atomic mass is 16.5. The fourth-order valence-corrected chi connectivity index (χ4v) is 1.82. The number of ether oxygens (including phenoxy) is 1. The Kier molecular flexibility index (Phi) is 4.36. The summed E-state index contributed by atoms with van der Waals surface area (Å²) in [5.74, 6) is -2.24. The van der Waals surface area contributed by atoms with Crippen LogP contribution < -0.4 is 4.74 Å². The lowest BCUT2D eigenvalue weighted by atomic mass is 10.0. The molecule has 2 aromatic carbocycles. The zero-order valence-electron chi connectivity index (χ0n) is 12.2. The second-order valence-electron chi connectivity index (χ2n) is 4.88. The van der Waals surface area contributed by atoms with Crippen LogP contribution in [0.15, 0.2) is 48.6 Å². The molecule has 0 saturated carbocycles. The van der Waals surface area contributed by atoms with Crippen molar-refractivity contribution in [3.8, 4) is 23.0 Å². The van der Waals surface area contributed by atoms with Crippen LogP contribution in [0.5, 0.6) is 23.0 Å². The molecule has 0 aromatic heterocycles. The van der Waals surface area contributed by atoms with Crippen LogP contribution in [0.4, 0.5) is 0 Å². The highest BCUT2D eigenvalue weighted by molar-refractivity contribution is 6.12. The Bertz CT molecular complexity index is 807. The van der Waals surface area contributed by atoms with Gasteiger partial charge in [-0.1, -0.05) is 6.58 Å². The summed E-state index contributed by atoms with van der Waals surface area (Å²) >= 11 is 0. The molecule has 3 N–H and O–H groups in total. The summed E-state index contributed by atoms with van der Waals surface area (Å²) in [5, 5.41) is 28.9. The minimum Gasteiger partial charge on any atom is -0.508 e. The molecule has 0 heterocycles. The molecular formula is C17H14O6. The van der Waals surface area contributed by atoms with Crippen LogP contribution in [0.1, 0.15) is 22.8 Å². The van der Waals surface area contributed by atoms with E-state index in [0.29, 0.717) is 0 Å². The maximum absolute atomic E-state index is 12.3. The van der Waals surface area contributed by atoms with Crippen molar-refractivity contribution in [2.45, 2.75) is 6.92 Å². The van der Waals surface area contributed by atoms with Gasteiger partial charge in [0.1, 0.15) is 23.0 Å². The summed E-state index contributed by atoms with van der Waals surface area (Å²) < 4.78 is 4.94. The smallest absolute Gasteiger partial charge is 0.338 e. The van der Waals surface area contributed by atoms with Crippen molar-refractivity contribution in [3.63, 3.8) is 0 Å². The molecule has 6 heteroatoms. The molecule has 0 spiro atoms. The van der Waals surface area contributed by atoms with E-state index in [2.05, 4.69) is 6.58 Å². The monoisotopic (exact) mass is 314 g/mol. The van der Waals surface area contributed by atoms with Gasteiger partial charge in [0.2, 0.25) is 0 Å². The average molecular weight is 314 g/mol. The third-order valence-corrected chi connectivity index (χ3v) is 3.00. The van der Waals surface area contributed by atoms with E-state index < -0.39 is 23.3 Å². The van der Waals surface area contributed by atoms with Gasteiger partial charge in [0.05, 0.1) is 11.1 Å². The first-order valence-corrected chi connectivity index (χ1v) is 6.57. The third kappa shape index (κ3) is 3.49. The number of esters is 1. The lowest BCUT2D eigenvalue weighted by Gasteiger charge is -2.09. The summed E-state index contributed by atoms with van der Waals surface area (Å²) in [6.07, 6.45) is 0. The van der Waals surface area contributed by atoms with E-state index in [-0.39, 0.29) is 28.2 Å². The maximum Gasteiger partial charge on any atom is 0.338 e. The first-order valence-electron chi connectivity index (χ1n) is 6.57. The van der Waals surface area contributed by atoms with E-state index in [9.17, 15) is 24.9 Å². The van der Waals surface area contributed by atoms with E-state index in [4.69, 9.17) is 4.74 Å². The van der Waals surface area contributed by atoms with Gasteiger partial charge in [0.25, 0.3) is 0 Å². The Morgan fingerprint density at radius 3 is 2.04 bits per heavy atom. The van der Waals surface area contributed by atoms with Crippen molar-refractivity contribution in [1.29, 1.82) is 0 Å². The molecule has 0 aliphatic carbocycles. The van der Waals surface area contributed by atoms with E-state index >= 15 is 0 Å². The van der Waals surface area contributed by atoms with E-state index in [1.54, 1.807) is 0 Å². The zero-order valence-corrected chi connectivity index (χ0v) is 12.2. The van der Waals surface area contributed by atoms with Crippen LogP contribution >= 0.6 is 0 Å². The van der Waals surface area contributed by atoms with Gasteiger partial charge in [-0.15, -0.1) is 0 Å². The molecule has 6 nitrogen and oxygen atoms in total. The number of ketones is 1. The second kappa shape index (κ2) is 6.23. The summed E-state index contributed by atoms with van der Waals surface area (Å²) in [7, 11) is 0. The molecule has 0 fully saturated rings. The Labute approximate surface area is 131 Å². The Morgan fingerprint density at radius 1 is 0.957 bits per heavy atom. The molecule has 2 rings (SSSR count). The van der Waals surface area contributed by atoms with Crippen molar-refractivity contribution >= 4 is 11.8 Å². The fourth-order valence-electron chi connectivity index (χ4n) is 1.82. The molecule has 0 aliphatic rings. The number of hydrogen-bond donors (Lipinski definition) is 3. The first kappa shape index (κ1) is 16.1. The van der Waals surface area contributed by atoms with Crippen LogP contribution in [0.3, 0.4) is 0 Å². The predicted octanol–water partition coefficient (Wildman–Crippen LogP) is 2.52. The number of carbonyl (C=O) groups is 2. The summed E-state index contributed by atoms with van der Waals surface area (Å²) in [4.78, 5) is 23.7. The van der Waals surface area contributed by atoms with Crippen LogP contribution in [0.2, 0.25) is 0 Å². The van der Waals surface area contributed by atoms with Gasteiger partial charge in [-0.3, -0.25) is 4.79 Å². The first-order chi connectivity index (χ1) is 10.8. The molecule has 0 unspecified atom stereocenters. The van der Waals surface area contributed by atoms with Crippen LogP contribution in [0, 0.1) is 0 Å². The molecule has 23 heavy (non-hydrogen) atoms. The molecule has 0 atom stereocenters. The van der Waals surface area contributed by atoms with Gasteiger partial charge in [-0.05, 0) is 31.2 Å². The number of carbonyl (C=O) groups excluding carboxylic acids is 2. The Balaban J connectivity index is 2.32. The molecule has 0 amide bonds. The lowest BCUT2D eigenvalue weighted by molar-refractivity contribution is -0.130. The number of phenolic OH excluding ortho intramolecular Hbond substituents is 3. The molecule has 0 aliphatic heterocycles. The maximum atomic E-state index is 12.3. The quantitative estimate of drug-likeness (QED) is 0.347. The van der Waals surface area contributed by atoms with Crippen LogP contribution in [-0.4, -0.2) is 27.1 Å². The topological polar surface area (TPSA) is 104 Å². The Hall–Kier alpha value is -3.28. The fraction of sp³-hybridized carbons (Fsp3) is 0.0588. The zero-order chi connectivity index (χ0) is 17.1. The van der Waals surface area contributed by atoms with Crippen molar-refractivity contribution in [2.24, 2.45) is 0 Å². The second-order valence-corrected chi connectivity index (χ2v) is 4.88. The lowest BCUT2D eigenvalue weighted by Crippen LogP contribution is -2.08. The molecular weight excluding hydrogens is 300 g/mol. The molecule has 0 bridgehead atoms. The van der Waals surface area contributed by atoms with E-state index in [0.717, 1.165) is 12.1 Å². The van der Waals surface area contributed by atoms with Gasteiger partial charge < -0.3 is 20.1 Å². The number of benzene rings is 2. The minimum atomic E-state index is -0.653. The van der Waals surface area contributed by atoms with Gasteiger partial charge in [0, 0.05) is 17.7 Å². The largest absolute Gasteiger partial charge is 0.508 e. The average Bonchev–Trinajstić information content (AvgIpc) is 2.46. The highest BCUT2D eigenvalue weighted by Crippen LogP contribution is 2.30. The van der Waals surface area contributed by atoms with Gasteiger partial charge in [-0.25, -0.2) is 4.79 Å². The number of hydrogen-bond acceptors (Lipinski definition) is 6. The molecule has 2 aromatic rings. The van der Waals surface area contributed by atoms with E-state index in [1.165, 1.54) is 31.2 Å². The Morgan fingerprint density at radius 2 is 1.52 bits per heavy atom. The number of rotatable bonds is 4. The van der Waals surface area contributed by atoms with Crippen molar-refractivity contribution in [1.82, 2.24) is 0 Å². The van der Waals surface area contributed by atoms with Gasteiger partial charge in [0.15, 0.2) is 5.78 Å². The van der Waals surface area contributed by atoms with Crippen molar-refractivity contribution in [3.05, 3.63) is 59.7 Å². The summed E-state index contributed by atoms with van der Waals surface area (Å²) in [6, 6.07) is 7.23. The normalized spacial score (nSPS) is 10.1. The summed E-state index contributed by atoms with van der Waals surface area (Å²) in [6.45, 7) is 4.92. The molecule has 0 radical (unpaired) electrons. The third-order valence-electron chi connectivity index (χ3n) is 3.00. The highest BCUT2D eigenvalue weighted by Gasteiger charge is 2.18. The number of phenols is 3.